The Morgan fingerprint density at radius 3 is 2.47 bits per heavy atom. The van der Waals surface area contributed by atoms with Gasteiger partial charge in [-0.15, -0.1) is 0 Å². The summed E-state index contributed by atoms with van der Waals surface area (Å²) < 4.78 is 36.9. The number of aliphatic carboxylic acids is 1. The summed E-state index contributed by atoms with van der Waals surface area (Å²) in [6.07, 6.45) is 0.583. The number of carbonyl (C=O) groups is 2. The molecule has 1 aliphatic rings. The Balaban J connectivity index is 2.64. The molecule has 0 aliphatic heterocycles. The molecule has 0 radical (unpaired) electrons. The minimum Gasteiger partial charge on any atom is -0.480 e. The first kappa shape index (κ1) is 15.5. The number of rotatable bonds is 5. The van der Waals surface area contributed by atoms with E-state index in [1.165, 1.54) is 0 Å². The number of hydrogen-bond donors (Lipinski definition) is 1. The van der Waals surface area contributed by atoms with Crippen molar-refractivity contribution in [2.45, 2.75) is 38.3 Å². The van der Waals surface area contributed by atoms with Gasteiger partial charge in [0.15, 0.2) is 0 Å². The number of carboxylic acid groups (broad SMARTS) is 1. The number of alkyl halides is 3. The first-order valence-electron chi connectivity index (χ1n) is 6.02. The standard InChI is InChI=1S/C12H16F3NO3/c13-12(14,15)8-16(7-11(18)19)10(17)6-9-4-2-1-3-5-9/h4H,1-3,5-8H2,(H,18,19). The average Bonchev–Trinajstić information content (AvgIpc) is 2.27. The maximum Gasteiger partial charge on any atom is 0.406 e. The van der Waals surface area contributed by atoms with E-state index in [4.69, 9.17) is 5.11 Å². The van der Waals surface area contributed by atoms with Gasteiger partial charge < -0.3 is 10.0 Å². The van der Waals surface area contributed by atoms with Crippen LogP contribution < -0.4 is 0 Å². The molecule has 0 heterocycles. The van der Waals surface area contributed by atoms with Crippen LogP contribution in [0.25, 0.3) is 0 Å². The second-order valence-electron chi connectivity index (χ2n) is 4.54. The smallest absolute Gasteiger partial charge is 0.406 e. The van der Waals surface area contributed by atoms with Crippen LogP contribution in [0.15, 0.2) is 11.6 Å². The maximum atomic E-state index is 12.3. The lowest BCUT2D eigenvalue weighted by Gasteiger charge is -2.23. The monoisotopic (exact) mass is 279 g/mol. The van der Waals surface area contributed by atoms with Crippen molar-refractivity contribution in [3.8, 4) is 0 Å². The molecule has 0 atom stereocenters. The molecule has 108 valence electrons. The van der Waals surface area contributed by atoms with Gasteiger partial charge in [0.25, 0.3) is 0 Å². The SMILES string of the molecule is O=C(O)CN(CC(F)(F)F)C(=O)CC1=CCCCC1. The van der Waals surface area contributed by atoms with Crippen LogP contribution in [0.3, 0.4) is 0 Å². The topological polar surface area (TPSA) is 57.6 Å². The summed E-state index contributed by atoms with van der Waals surface area (Å²) in [6, 6.07) is 0. The van der Waals surface area contributed by atoms with Crippen molar-refractivity contribution in [2.75, 3.05) is 13.1 Å². The van der Waals surface area contributed by atoms with Crippen LogP contribution in [-0.4, -0.2) is 41.1 Å². The van der Waals surface area contributed by atoms with Gasteiger partial charge >= 0.3 is 12.1 Å². The molecule has 1 rings (SSSR count). The fraction of sp³-hybridized carbons (Fsp3) is 0.667. The highest BCUT2D eigenvalue weighted by Gasteiger charge is 2.34. The summed E-state index contributed by atoms with van der Waals surface area (Å²) in [7, 11) is 0. The van der Waals surface area contributed by atoms with Crippen molar-refractivity contribution in [1.29, 1.82) is 0 Å². The van der Waals surface area contributed by atoms with E-state index in [2.05, 4.69) is 0 Å². The zero-order chi connectivity index (χ0) is 14.5. The quantitative estimate of drug-likeness (QED) is 0.786. The molecule has 0 saturated carbocycles. The van der Waals surface area contributed by atoms with E-state index >= 15 is 0 Å². The Bertz CT molecular complexity index is 377. The predicted molar refractivity (Wildman–Crippen MR) is 61.4 cm³/mol. The fourth-order valence-corrected chi connectivity index (χ4v) is 1.98. The van der Waals surface area contributed by atoms with Crippen LogP contribution in [0.2, 0.25) is 0 Å². The first-order valence-corrected chi connectivity index (χ1v) is 6.02. The van der Waals surface area contributed by atoms with Gasteiger partial charge in [-0.05, 0) is 25.7 Å². The average molecular weight is 279 g/mol. The highest BCUT2D eigenvalue weighted by Crippen LogP contribution is 2.22. The Hall–Kier alpha value is -1.53. The van der Waals surface area contributed by atoms with Crippen molar-refractivity contribution >= 4 is 11.9 Å². The summed E-state index contributed by atoms with van der Waals surface area (Å²) >= 11 is 0. The summed E-state index contributed by atoms with van der Waals surface area (Å²) in [6.45, 7) is -2.45. The van der Waals surface area contributed by atoms with E-state index in [9.17, 15) is 22.8 Å². The Labute approximate surface area is 108 Å². The number of hydrogen-bond acceptors (Lipinski definition) is 2. The lowest BCUT2D eigenvalue weighted by Crippen LogP contribution is -2.42. The van der Waals surface area contributed by atoms with Gasteiger partial charge in [0.1, 0.15) is 13.1 Å². The minimum absolute atomic E-state index is 0.122. The third kappa shape index (κ3) is 6.26. The minimum atomic E-state index is -4.59. The van der Waals surface area contributed by atoms with Gasteiger partial charge in [-0.1, -0.05) is 11.6 Å². The largest absolute Gasteiger partial charge is 0.480 e. The molecule has 1 N–H and O–H groups in total. The summed E-state index contributed by atoms with van der Waals surface area (Å²) in [4.78, 5) is 22.6. The van der Waals surface area contributed by atoms with Crippen molar-refractivity contribution in [2.24, 2.45) is 0 Å². The lowest BCUT2D eigenvalue weighted by molar-refractivity contribution is -0.165. The summed E-state index contributed by atoms with van der Waals surface area (Å²) in [5.41, 5.74) is 0.800. The van der Waals surface area contributed by atoms with E-state index in [1.54, 1.807) is 0 Å². The van der Waals surface area contributed by atoms with E-state index < -0.39 is 31.1 Å². The van der Waals surface area contributed by atoms with Gasteiger partial charge in [-0.2, -0.15) is 13.2 Å². The van der Waals surface area contributed by atoms with Gasteiger partial charge in [0.05, 0.1) is 0 Å². The van der Waals surface area contributed by atoms with Gasteiger partial charge in [-0.25, -0.2) is 0 Å². The van der Waals surface area contributed by atoms with Crippen molar-refractivity contribution < 1.29 is 27.9 Å². The maximum absolute atomic E-state index is 12.3. The first-order chi connectivity index (χ1) is 8.78. The van der Waals surface area contributed by atoms with Crippen LogP contribution in [0.5, 0.6) is 0 Å². The van der Waals surface area contributed by atoms with Crippen LogP contribution in [0.4, 0.5) is 13.2 Å². The van der Waals surface area contributed by atoms with Crippen LogP contribution in [0, 0.1) is 0 Å². The van der Waals surface area contributed by atoms with E-state index in [0.29, 0.717) is 11.3 Å². The Morgan fingerprint density at radius 2 is 2.00 bits per heavy atom. The van der Waals surface area contributed by atoms with Crippen LogP contribution >= 0.6 is 0 Å². The molecule has 0 aromatic rings. The number of allylic oxidation sites excluding steroid dienone is 1. The molecule has 0 unspecified atom stereocenters. The molecule has 0 fully saturated rings. The molecule has 19 heavy (non-hydrogen) atoms. The van der Waals surface area contributed by atoms with Gasteiger partial charge in [0.2, 0.25) is 5.91 Å². The highest BCUT2D eigenvalue weighted by molar-refractivity contribution is 5.83. The second kappa shape index (κ2) is 6.58. The van der Waals surface area contributed by atoms with E-state index in [0.717, 1.165) is 24.8 Å². The molecular weight excluding hydrogens is 263 g/mol. The van der Waals surface area contributed by atoms with Gasteiger partial charge in [0, 0.05) is 6.42 Å². The predicted octanol–water partition coefficient (Wildman–Crippen LogP) is 2.35. The molecule has 0 spiro atoms. The molecule has 0 aromatic carbocycles. The molecule has 0 bridgehead atoms. The zero-order valence-corrected chi connectivity index (χ0v) is 10.4. The third-order valence-electron chi connectivity index (χ3n) is 2.81. The lowest BCUT2D eigenvalue weighted by atomic mass is 9.97. The number of amides is 1. The molecule has 1 aliphatic carbocycles. The molecule has 7 heteroatoms. The summed E-state index contributed by atoms with van der Waals surface area (Å²) in [5.74, 6) is -2.23. The number of carboxylic acids is 1. The van der Waals surface area contributed by atoms with E-state index in [1.807, 2.05) is 6.08 Å². The van der Waals surface area contributed by atoms with Crippen molar-refractivity contribution in [3.63, 3.8) is 0 Å². The van der Waals surface area contributed by atoms with Gasteiger partial charge in [-0.3, -0.25) is 9.59 Å². The Morgan fingerprint density at radius 1 is 1.32 bits per heavy atom. The molecule has 0 saturated heterocycles. The fourth-order valence-electron chi connectivity index (χ4n) is 1.98. The Kier molecular flexibility index (Phi) is 5.38. The second-order valence-corrected chi connectivity index (χ2v) is 4.54. The molecule has 0 aromatic heterocycles. The van der Waals surface area contributed by atoms with E-state index in [-0.39, 0.29) is 6.42 Å². The number of nitrogens with zero attached hydrogens (tertiary/aromatic N) is 1. The normalized spacial score (nSPS) is 15.8. The molecule has 4 nitrogen and oxygen atoms in total. The zero-order valence-electron chi connectivity index (χ0n) is 10.4. The molecular formula is C12H16F3NO3. The van der Waals surface area contributed by atoms with Crippen molar-refractivity contribution in [3.05, 3.63) is 11.6 Å². The highest BCUT2D eigenvalue weighted by atomic mass is 19.4. The van der Waals surface area contributed by atoms with Crippen LogP contribution in [-0.2, 0) is 9.59 Å². The number of carbonyl (C=O) groups excluding carboxylic acids is 1. The molecule has 1 amide bonds. The van der Waals surface area contributed by atoms with Crippen LogP contribution in [0.1, 0.15) is 32.1 Å². The van der Waals surface area contributed by atoms with Crippen molar-refractivity contribution in [1.82, 2.24) is 4.90 Å². The third-order valence-corrected chi connectivity index (χ3v) is 2.81. The number of halogens is 3. The summed E-state index contributed by atoms with van der Waals surface area (Å²) in [5, 5.41) is 8.56.